The van der Waals surface area contributed by atoms with Crippen molar-refractivity contribution in [1.82, 2.24) is 15.5 Å². The first-order valence-electron chi connectivity index (χ1n) is 12.9. The molecule has 218 valence electrons. The second-order valence-electron chi connectivity index (χ2n) is 10.2. The minimum Gasteiger partial charge on any atom is -0.405 e. The molecule has 12 heteroatoms. The molecule has 0 spiro atoms. The Hall–Kier alpha value is -3.22. The van der Waals surface area contributed by atoms with Gasteiger partial charge in [-0.2, -0.15) is 26.3 Å². The average Bonchev–Trinajstić information content (AvgIpc) is 2.85. The highest BCUT2D eigenvalue weighted by molar-refractivity contribution is 5.58. The number of morpholine rings is 1. The lowest BCUT2D eigenvalue weighted by Crippen LogP contribution is -2.57. The van der Waals surface area contributed by atoms with Crippen LogP contribution in [-0.4, -0.2) is 55.1 Å². The molecule has 1 fully saturated rings. The lowest BCUT2D eigenvalue weighted by molar-refractivity contribution is -0.137. The van der Waals surface area contributed by atoms with E-state index in [0.29, 0.717) is 23.6 Å². The standard InChI is InChI=1S/C28H33F6N5O/c1-17-14-39(15-18(2)40-17)16-23-13-25(36-21-7-5-19(6-8-21)27(29,30)31)24-10-9-22(37-26(24)38-23)12-20(4-3-11-35)28(32,33)34/h3-11,13,17-18,23,26,36-38H,12,14-16,35H2,1-2H3/b11-3-,20-4+/t17-,18+,23?,26?. The largest absolute Gasteiger partial charge is 0.416 e. The van der Waals surface area contributed by atoms with Crippen LogP contribution in [0.5, 0.6) is 0 Å². The van der Waals surface area contributed by atoms with Crippen LogP contribution in [-0.2, 0) is 10.9 Å². The normalized spacial score (nSPS) is 26.5. The Morgan fingerprint density at radius 3 is 2.35 bits per heavy atom. The Morgan fingerprint density at radius 2 is 1.75 bits per heavy atom. The number of ether oxygens (including phenoxy) is 1. The van der Waals surface area contributed by atoms with Gasteiger partial charge in [-0.3, -0.25) is 10.2 Å². The van der Waals surface area contributed by atoms with Crippen molar-refractivity contribution in [3.8, 4) is 0 Å². The molecule has 4 rings (SSSR count). The van der Waals surface area contributed by atoms with Gasteiger partial charge in [-0.25, -0.2) is 0 Å². The van der Waals surface area contributed by atoms with Crippen LogP contribution in [0, 0.1) is 0 Å². The van der Waals surface area contributed by atoms with Crippen LogP contribution in [0.15, 0.2) is 83.4 Å². The van der Waals surface area contributed by atoms with Gasteiger partial charge in [-0.05, 0) is 62.5 Å². The van der Waals surface area contributed by atoms with Crippen molar-refractivity contribution in [2.45, 2.75) is 57.0 Å². The van der Waals surface area contributed by atoms with Gasteiger partial charge in [-0.15, -0.1) is 0 Å². The van der Waals surface area contributed by atoms with Gasteiger partial charge < -0.3 is 21.1 Å². The van der Waals surface area contributed by atoms with Crippen molar-refractivity contribution in [2.24, 2.45) is 5.73 Å². The highest BCUT2D eigenvalue weighted by Crippen LogP contribution is 2.34. The van der Waals surface area contributed by atoms with Crippen molar-refractivity contribution in [1.29, 1.82) is 0 Å². The van der Waals surface area contributed by atoms with Gasteiger partial charge in [-0.1, -0.05) is 12.2 Å². The molecule has 3 heterocycles. The maximum absolute atomic E-state index is 13.6. The molecule has 0 amide bonds. The number of rotatable bonds is 7. The molecular weight excluding hydrogens is 536 g/mol. The van der Waals surface area contributed by atoms with Crippen LogP contribution in [0.3, 0.4) is 0 Å². The summed E-state index contributed by atoms with van der Waals surface area (Å²) in [5.74, 6) is 0. The van der Waals surface area contributed by atoms with Crippen molar-refractivity contribution in [2.75, 3.05) is 25.0 Å². The van der Waals surface area contributed by atoms with Gasteiger partial charge in [0.1, 0.15) is 6.17 Å². The molecule has 3 aliphatic heterocycles. The summed E-state index contributed by atoms with van der Waals surface area (Å²) in [6.07, 6.45) is -1.42. The third kappa shape index (κ3) is 7.70. The molecule has 2 unspecified atom stereocenters. The van der Waals surface area contributed by atoms with Gasteiger partial charge in [0.05, 0.1) is 17.8 Å². The number of dihydropyridines is 1. The molecular formula is C28H33F6N5O. The number of nitrogens with one attached hydrogen (secondary N) is 3. The van der Waals surface area contributed by atoms with Gasteiger partial charge in [0, 0.05) is 60.3 Å². The van der Waals surface area contributed by atoms with E-state index in [-0.39, 0.29) is 24.7 Å². The van der Waals surface area contributed by atoms with E-state index in [1.807, 2.05) is 19.9 Å². The summed E-state index contributed by atoms with van der Waals surface area (Å²) in [6.45, 7) is 6.04. The second-order valence-corrected chi connectivity index (χ2v) is 10.2. The molecule has 6 nitrogen and oxygen atoms in total. The predicted octanol–water partition coefficient (Wildman–Crippen LogP) is 5.17. The lowest BCUT2D eigenvalue weighted by Gasteiger charge is -2.41. The molecule has 5 N–H and O–H groups in total. The fraction of sp³-hybridized carbons (Fsp3) is 0.429. The Kier molecular flexibility index (Phi) is 9.01. The van der Waals surface area contributed by atoms with Crippen LogP contribution in [0.25, 0.3) is 0 Å². The van der Waals surface area contributed by atoms with Crippen molar-refractivity contribution in [3.05, 3.63) is 88.9 Å². The topological polar surface area (TPSA) is 74.6 Å². The molecule has 0 bridgehead atoms. The lowest BCUT2D eigenvalue weighted by atomic mass is 9.95. The summed E-state index contributed by atoms with van der Waals surface area (Å²) in [6, 6.07) is 4.50. The van der Waals surface area contributed by atoms with Crippen LogP contribution in [0.1, 0.15) is 25.8 Å². The third-order valence-electron chi connectivity index (χ3n) is 6.76. The van der Waals surface area contributed by atoms with Crippen LogP contribution in [0.4, 0.5) is 32.0 Å². The first-order valence-corrected chi connectivity index (χ1v) is 12.9. The van der Waals surface area contributed by atoms with Gasteiger partial charge in [0.15, 0.2) is 0 Å². The average molecular weight is 570 g/mol. The monoisotopic (exact) mass is 569 g/mol. The summed E-state index contributed by atoms with van der Waals surface area (Å²) in [7, 11) is 0. The summed E-state index contributed by atoms with van der Waals surface area (Å²) in [4.78, 5) is 2.25. The molecule has 0 radical (unpaired) electrons. The SMILES string of the molecule is C[C@@H]1CN(CC2C=C(Nc3ccc(C(F)(F)F)cc3)C3=CC=C(C/C(=C\C=C/N)C(F)(F)F)NC3N2)C[C@H](C)O1. The van der Waals surface area contributed by atoms with Crippen LogP contribution < -0.4 is 21.7 Å². The number of hydrogen-bond donors (Lipinski definition) is 4. The quantitative estimate of drug-likeness (QED) is 0.268. The Balaban J connectivity index is 1.60. The maximum Gasteiger partial charge on any atom is 0.416 e. The van der Waals surface area contributed by atoms with Crippen molar-refractivity contribution in [3.63, 3.8) is 0 Å². The number of halogens is 6. The minimum atomic E-state index is -4.53. The third-order valence-corrected chi connectivity index (χ3v) is 6.76. The van der Waals surface area contributed by atoms with E-state index in [4.69, 9.17) is 10.5 Å². The number of anilines is 1. The number of alkyl halides is 6. The summed E-state index contributed by atoms with van der Waals surface area (Å²) in [5, 5.41) is 9.85. The van der Waals surface area contributed by atoms with E-state index in [2.05, 4.69) is 20.9 Å². The smallest absolute Gasteiger partial charge is 0.405 e. The predicted molar refractivity (Wildman–Crippen MR) is 142 cm³/mol. The maximum atomic E-state index is 13.6. The minimum absolute atomic E-state index is 0.0500. The number of allylic oxidation sites excluding steroid dienone is 5. The Bertz CT molecular complexity index is 1190. The van der Waals surface area contributed by atoms with E-state index < -0.39 is 29.7 Å². The fourth-order valence-corrected chi connectivity index (χ4v) is 5.10. The van der Waals surface area contributed by atoms with Gasteiger partial charge in [0.2, 0.25) is 0 Å². The van der Waals surface area contributed by atoms with E-state index in [9.17, 15) is 26.3 Å². The molecule has 0 aromatic heterocycles. The molecule has 4 atom stereocenters. The first kappa shape index (κ1) is 29.8. The van der Waals surface area contributed by atoms with Crippen LogP contribution in [0.2, 0.25) is 0 Å². The van der Waals surface area contributed by atoms with E-state index in [0.717, 1.165) is 49.1 Å². The zero-order valence-electron chi connectivity index (χ0n) is 22.1. The molecule has 1 aromatic rings. The molecule has 1 saturated heterocycles. The second kappa shape index (κ2) is 12.1. The fourth-order valence-electron chi connectivity index (χ4n) is 5.10. The molecule has 40 heavy (non-hydrogen) atoms. The zero-order chi connectivity index (χ0) is 29.1. The Labute approximate surface area is 229 Å². The number of benzene rings is 1. The van der Waals surface area contributed by atoms with E-state index in [1.165, 1.54) is 12.1 Å². The van der Waals surface area contributed by atoms with E-state index in [1.54, 1.807) is 12.2 Å². The summed E-state index contributed by atoms with van der Waals surface area (Å²) >= 11 is 0. The molecule has 0 saturated carbocycles. The number of nitrogens with two attached hydrogens (primary N) is 1. The van der Waals surface area contributed by atoms with Crippen molar-refractivity contribution >= 4 is 5.69 Å². The highest BCUT2D eigenvalue weighted by Gasteiger charge is 2.36. The zero-order valence-corrected chi connectivity index (χ0v) is 22.1. The van der Waals surface area contributed by atoms with Gasteiger partial charge in [0.25, 0.3) is 0 Å². The first-order chi connectivity index (χ1) is 18.8. The summed E-state index contributed by atoms with van der Waals surface area (Å²) in [5.41, 5.74) is 5.92. The number of nitrogens with zero attached hydrogens (tertiary/aromatic N) is 1. The number of hydrogen-bond acceptors (Lipinski definition) is 6. The molecule has 1 aromatic carbocycles. The van der Waals surface area contributed by atoms with E-state index >= 15 is 0 Å². The van der Waals surface area contributed by atoms with Crippen LogP contribution >= 0.6 is 0 Å². The molecule has 0 aliphatic carbocycles. The van der Waals surface area contributed by atoms with Gasteiger partial charge >= 0.3 is 12.4 Å². The van der Waals surface area contributed by atoms with Crippen molar-refractivity contribution < 1.29 is 31.1 Å². The highest BCUT2D eigenvalue weighted by atomic mass is 19.4. The summed E-state index contributed by atoms with van der Waals surface area (Å²) < 4.78 is 85.7. The number of fused-ring (bicyclic) bond motifs is 1. The Morgan fingerprint density at radius 1 is 1.07 bits per heavy atom. The molecule has 3 aliphatic rings.